The summed E-state index contributed by atoms with van der Waals surface area (Å²) in [7, 11) is 1.72. The van der Waals surface area contributed by atoms with E-state index in [9.17, 15) is 4.79 Å². The van der Waals surface area contributed by atoms with Crippen LogP contribution in [0.1, 0.15) is 6.92 Å². The molecular weight excluding hydrogens is 334 g/mol. The second-order valence-electron chi connectivity index (χ2n) is 6.46. The van der Waals surface area contributed by atoms with Gasteiger partial charge < -0.3 is 15.0 Å². The fraction of sp³-hybridized carbons (Fsp3) is 0.526. The van der Waals surface area contributed by atoms with E-state index >= 15 is 0 Å². The van der Waals surface area contributed by atoms with Gasteiger partial charge in [-0.1, -0.05) is 18.1 Å². The zero-order valence-electron chi connectivity index (χ0n) is 15.0. The van der Waals surface area contributed by atoms with Gasteiger partial charge in [-0.15, -0.1) is 11.8 Å². The van der Waals surface area contributed by atoms with E-state index in [2.05, 4.69) is 36.2 Å². The maximum atomic E-state index is 11.9. The van der Waals surface area contributed by atoms with Crippen LogP contribution in [0.15, 0.2) is 24.3 Å². The summed E-state index contributed by atoms with van der Waals surface area (Å²) >= 11 is 1.68. The summed E-state index contributed by atoms with van der Waals surface area (Å²) < 4.78 is 6.41. The zero-order valence-corrected chi connectivity index (χ0v) is 15.8. The zero-order chi connectivity index (χ0) is 17.7. The highest BCUT2D eigenvalue weighted by molar-refractivity contribution is 8.00. The van der Waals surface area contributed by atoms with Gasteiger partial charge in [-0.3, -0.25) is 9.28 Å². The predicted molar refractivity (Wildman–Crippen MR) is 104 cm³/mol. The van der Waals surface area contributed by atoms with Gasteiger partial charge in [-0.25, -0.2) is 0 Å². The Labute approximate surface area is 154 Å². The average Bonchev–Trinajstić information content (AvgIpc) is 2.97. The van der Waals surface area contributed by atoms with Crippen LogP contribution in [0, 0.1) is 11.8 Å². The third kappa shape index (κ3) is 3.95. The molecule has 6 heteroatoms. The monoisotopic (exact) mass is 360 g/mol. The molecule has 1 unspecified atom stereocenters. The highest BCUT2D eigenvalue weighted by Gasteiger charge is 2.34. The minimum Gasteiger partial charge on any atom is -0.491 e. The van der Waals surface area contributed by atoms with Crippen LogP contribution in [0.4, 0.5) is 5.69 Å². The van der Waals surface area contributed by atoms with Crippen molar-refractivity contribution in [2.24, 2.45) is 0 Å². The molecule has 2 fully saturated rings. The first-order valence-corrected chi connectivity index (χ1v) is 9.78. The van der Waals surface area contributed by atoms with Crippen molar-refractivity contribution in [2.45, 2.75) is 12.3 Å². The van der Waals surface area contributed by atoms with E-state index in [1.54, 1.807) is 18.9 Å². The van der Waals surface area contributed by atoms with Gasteiger partial charge in [-0.05, 0) is 18.9 Å². The van der Waals surface area contributed by atoms with Gasteiger partial charge in [0.1, 0.15) is 6.54 Å². The Morgan fingerprint density at radius 3 is 2.76 bits per heavy atom. The van der Waals surface area contributed by atoms with Crippen molar-refractivity contribution in [3.63, 3.8) is 0 Å². The number of para-hydroxylation sites is 2. The van der Waals surface area contributed by atoms with E-state index in [1.165, 1.54) is 5.69 Å². The molecule has 0 aliphatic carbocycles. The molecule has 2 aliphatic rings. The maximum Gasteiger partial charge on any atom is 0.234 e. The molecule has 2 heterocycles. The number of methoxy groups -OCH3 is 1. The van der Waals surface area contributed by atoms with E-state index < -0.39 is 0 Å². The Kier molecular flexibility index (Phi) is 5.89. The number of carbonyl (C=O) groups is 1. The minimum absolute atomic E-state index is 0.197. The van der Waals surface area contributed by atoms with Gasteiger partial charge in [-0.2, -0.15) is 0 Å². The number of piperazine rings is 1. The quantitative estimate of drug-likeness (QED) is 0.653. The van der Waals surface area contributed by atoms with Gasteiger partial charge in [0, 0.05) is 19.2 Å². The van der Waals surface area contributed by atoms with Crippen molar-refractivity contribution < 1.29 is 9.53 Å². The fourth-order valence-corrected chi connectivity index (χ4v) is 4.38. The van der Waals surface area contributed by atoms with Gasteiger partial charge in [0.05, 0.1) is 37.9 Å². The summed E-state index contributed by atoms with van der Waals surface area (Å²) in [5.74, 6) is 8.28. The fourth-order valence-electron chi connectivity index (χ4n) is 3.46. The SMILES string of the molecule is COc1ccccc1[N+]1(CC#CCN2C(=O)CSC2C)CCNCC1. The summed E-state index contributed by atoms with van der Waals surface area (Å²) in [6.07, 6.45) is 0. The summed E-state index contributed by atoms with van der Waals surface area (Å²) in [5, 5.41) is 3.67. The van der Waals surface area contributed by atoms with Gasteiger partial charge in [0.25, 0.3) is 0 Å². The van der Waals surface area contributed by atoms with Crippen molar-refractivity contribution in [2.75, 3.05) is 52.1 Å². The number of thioether (sulfide) groups is 1. The molecule has 1 atom stereocenters. The molecule has 2 saturated heterocycles. The van der Waals surface area contributed by atoms with Gasteiger partial charge >= 0.3 is 0 Å². The number of hydrogen-bond acceptors (Lipinski definition) is 4. The minimum atomic E-state index is 0.197. The number of quaternary nitrogens is 1. The molecule has 0 aromatic heterocycles. The summed E-state index contributed by atoms with van der Waals surface area (Å²) in [4.78, 5) is 13.7. The highest BCUT2D eigenvalue weighted by Crippen LogP contribution is 2.33. The van der Waals surface area contributed by atoms with Crippen molar-refractivity contribution in [1.29, 1.82) is 0 Å². The number of nitrogens with zero attached hydrogens (tertiary/aromatic N) is 2. The third-order valence-electron chi connectivity index (χ3n) is 4.99. The lowest BCUT2D eigenvalue weighted by Crippen LogP contribution is -2.60. The van der Waals surface area contributed by atoms with Crippen LogP contribution in [-0.2, 0) is 4.79 Å². The number of amides is 1. The first-order valence-electron chi connectivity index (χ1n) is 8.73. The Morgan fingerprint density at radius 1 is 1.32 bits per heavy atom. The smallest absolute Gasteiger partial charge is 0.234 e. The van der Waals surface area contributed by atoms with Gasteiger partial charge in [0.15, 0.2) is 11.4 Å². The van der Waals surface area contributed by atoms with E-state index in [1.807, 2.05) is 17.0 Å². The second kappa shape index (κ2) is 8.13. The average molecular weight is 361 g/mol. The Morgan fingerprint density at radius 2 is 2.08 bits per heavy atom. The van der Waals surface area contributed by atoms with Crippen LogP contribution in [0.25, 0.3) is 0 Å². The lowest BCUT2D eigenvalue weighted by molar-refractivity contribution is -0.127. The molecule has 1 aromatic carbocycles. The molecular formula is C19H26N3O2S+. The topological polar surface area (TPSA) is 41.6 Å². The molecule has 2 aliphatic heterocycles. The van der Waals surface area contributed by atoms with Crippen molar-refractivity contribution in [1.82, 2.24) is 14.7 Å². The molecule has 0 radical (unpaired) electrons. The molecule has 0 bridgehead atoms. The standard InChI is InChI=1S/C19H26N3O2S/c1-16-21(19(23)15-25-16)11-5-6-12-22(13-9-20-10-14-22)17-7-3-4-8-18(17)24-2/h3-4,7-8,16,20H,9-15H2,1-2H3/q+1. The van der Waals surface area contributed by atoms with Crippen LogP contribution in [0.5, 0.6) is 5.75 Å². The highest BCUT2D eigenvalue weighted by atomic mass is 32.2. The summed E-state index contributed by atoms with van der Waals surface area (Å²) in [5.41, 5.74) is 1.20. The lowest BCUT2D eigenvalue weighted by Gasteiger charge is -2.40. The Balaban J connectivity index is 1.76. The normalized spacial score (nSPS) is 22.4. The van der Waals surface area contributed by atoms with Crippen LogP contribution in [0.2, 0.25) is 0 Å². The van der Waals surface area contributed by atoms with Crippen LogP contribution >= 0.6 is 11.8 Å². The molecule has 1 aromatic rings. The van der Waals surface area contributed by atoms with Crippen molar-refractivity contribution >= 4 is 23.4 Å². The first-order chi connectivity index (χ1) is 12.2. The number of benzene rings is 1. The number of rotatable bonds is 4. The molecule has 134 valence electrons. The Bertz CT molecular complexity index is 677. The molecule has 1 N–H and O–H groups in total. The molecule has 3 rings (SSSR count). The van der Waals surface area contributed by atoms with Crippen molar-refractivity contribution in [3.05, 3.63) is 24.3 Å². The summed E-state index contributed by atoms with van der Waals surface area (Å²) in [6.45, 7) is 7.25. The van der Waals surface area contributed by atoms with Gasteiger partial charge in [0.2, 0.25) is 5.91 Å². The number of hydrogen-bond donors (Lipinski definition) is 1. The van der Waals surface area contributed by atoms with Crippen LogP contribution < -0.4 is 14.5 Å². The van der Waals surface area contributed by atoms with Crippen LogP contribution in [0.3, 0.4) is 0 Å². The largest absolute Gasteiger partial charge is 0.491 e. The molecule has 1 amide bonds. The lowest BCUT2D eigenvalue weighted by atomic mass is 10.1. The van der Waals surface area contributed by atoms with Crippen LogP contribution in [-0.4, -0.2) is 68.3 Å². The number of ether oxygens (including phenoxy) is 1. The molecule has 0 saturated carbocycles. The van der Waals surface area contributed by atoms with Crippen molar-refractivity contribution in [3.8, 4) is 17.6 Å². The molecule has 25 heavy (non-hydrogen) atoms. The first kappa shape index (κ1) is 18.1. The Hall–Kier alpha value is -1.68. The van der Waals surface area contributed by atoms with E-state index in [0.717, 1.165) is 43.0 Å². The number of nitrogens with one attached hydrogen (secondary N) is 1. The van der Waals surface area contributed by atoms with E-state index in [0.29, 0.717) is 12.3 Å². The van der Waals surface area contributed by atoms with E-state index in [-0.39, 0.29) is 11.3 Å². The number of carbonyl (C=O) groups excluding carboxylic acids is 1. The third-order valence-corrected chi connectivity index (χ3v) is 6.14. The molecule has 0 spiro atoms. The predicted octanol–water partition coefficient (Wildman–Crippen LogP) is 1.53. The van der Waals surface area contributed by atoms with E-state index in [4.69, 9.17) is 4.74 Å². The second-order valence-corrected chi connectivity index (χ2v) is 7.76. The molecule has 5 nitrogen and oxygen atoms in total. The summed E-state index contributed by atoms with van der Waals surface area (Å²) in [6, 6.07) is 8.24. The maximum absolute atomic E-state index is 11.9.